The highest BCUT2D eigenvalue weighted by molar-refractivity contribution is 6.00. The number of aliphatic carboxylic acids is 1. The molecule has 0 heterocycles. The van der Waals surface area contributed by atoms with E-state index in [1.807, 2.05) is 0 Å². The molecule has 1 aliphatic carbocycles. The molecule has 0 radical (unpaired) electrons. The van der Waals surface area contributed by atoms with Crippen LogP contribution >= 0.6 is 0 Å². The van der Waals surface area contributed by atoms with Crippen LogP contribution in [0.3, 0.4) is 0 Å². The van der Waals surface area contributed by atoms with Gasteiger partial charge in [0.05, 0.1) is 5.60 Å². The van der Waals surface area contributed by atoms with Crippen molar-refractivity contribution in [2.24, 2.45) is 5.41 Å². The van der Waals surface area contributed by atoms with Crippen LogP contribution in [-0.4, -0.2) is 46.2 Å². The molecule has 0 saturated heterocycles. The molecule has 2 N–H and O–H groups in total. The summed E-state index contributed by atoms with van der Waals surface area (Å²) >= 11 is 0. The zero-order chi connectivity index (χ0) is 13.3. The van der Waals surface area contributed by atoms with E-state index in [0.29, 0.717) is 12.8 Å². The molecule has 1 amide bonds. The zero-order valence-electron chi connectivity index (χ0n) is 10.7. The average Bonchev–Trinajstić information content (AvgIpc) is 2.63. The molecule has 0 spiro atoms. The molecule has 5 heteroatoms. The number of nitrogens with zero attached hydrogens (tertiary/aromatic N) is 1. The lowest BCUT2D eigenvalue weighted by molar-refractivity contribution is -0.159. The van der Waals surface area contributed by atoms with Crippen molar-refractivity contribution < 1.29 is 19.8 Å². The summed E-state index contributed by atoms with van der Waals surface area (Å²) < 4.78 is 0. The first-order chi connectivity index (χ1) is 7.69. The molecule has 0 unspecified atom stereocenters. The van der Waals surface area contributed by atoms with Crippen LogP contribution in [0.2, 0.25) is 0 Å². The predicted octanol–water partition coefficient (Wildman–Crippen LogP) is 0.861. The molecule has 0 aromatic heterocycles. The SMILES string of the molecule is CN(CC1(O)CCCC1)C(=O)C(C)(C)C(=O)O. The predicted molar refractivity (Wildman–Crippen MR) is 62.5 cm³/mol. The summed E-state index contributed by atoms with van der Waals surface area (Å²) in [5.74, 6) is -1.61. The Kier molecular flexibility index (Phi) is 3.81. The van der Waals surface area contributed by atoms with Gasteiger partial charge >= 0.3 is 5.97 Å². The fraction of sp³-hybridized carbons (Fsp3) is 0.833. The van der Waals surface area contributed by atoms with E-state index in [2.05, 4.69) is 0 Å². The van der Waals surface area contributed by atoms with Crippen molar-refractivity contribution >= 4 is 11.9 Å². The Morgan fingerprint density at radius 2 is 1.76 bits per heavy atom. The van der Waals surface area contributed by atoms with Crippen LogP contribution in [0.4, 0.5) is 0 Å². The Balaban J connectivity index is 2.67. The van der Waals surface area contributed by atoms with E-state index < -0.39 is 22.9 Å². The number of hydrogen-bond donors (Lipinski definition) is 2. The molecule has 1 rings (SSSR count). The van der Waals surface area contributed by atoms with Gasteiger partial charge in [-0.2, -0.15) is 0 Å². The standard InChI is InChI=1S/C12H21NO4/c1-11(2,10(15)16)9(14)13(3)8-12(17)6-4-5-7-12/h17H,4-8H2,1-3H3,(H,15,16). The van der Waals surface area contributed by atoms with Crippen molar-refractivity contribution in [2.75, 3.05) is 13.6 Å². The van der Waals surface area contributed by atoms with E-state index >= 15 is 0 Å². The maximum Gasteiger partial charge on any atom is 0.318 e. The van der Waals surface area contributed by atoms with Crippen molar-refractivity contribution in [1.29, 1.82) is 0 Å². The van der Waals surface area contributed by atoms with Gasteiger partial charge in [-0.25, -0.2) is 0 Å². The number of carboxylic acid groups (broad SMARTS) is 1. The number of aliphatic hydroxyl groups is 1. The number of likely N-dealkylation sites (N-methyl/N-ethyl adjacent to an activating group) is 1. The summed E-state index contributed by atoms with van der Waals surface area (Å²) in [5, 5.41) is 19.1. The lowest BCUT2D eigenvalue weighted by Gasteiger charge is -2.32. The summed E-state index contributed by atoms with van der Waals surface area (Å²) in [6.45, 7) is 2.97. The van der Waals surface area contributed by atoms with Crippen LogP contribution in [-0.2, 0) is 9.59 Å². The largest absolute Gasteiger partial charge is 0.480 e. The Morgan fingerprint density at radius 1 is 1.29 bits per heavy atom. The van der Waals surface area contributed by atoms with Crippen LogP contribution in [0.1, 0.15) is 39.5 Å². The molecular weight excluding hydrogens is 222 g/mol. The highest BCUT2D eigenvalue weighted by Gasteiger charge is 2.41. The van der Waals surface area contributed by atoms with E-state index in [-0.39, 0.29) is 6.54 Å². The summed E-state index contributed by atoms with van der Waals surface area (Å²) in [4.78, 5) is 24.3. The Bertz CT molecular complexity index is 318. The third-order valence-corrected chi connectivity index (χ3v) is 3.48. The molecule has 0 atom stereocenters. The molecule has 0 aromatic rings. The zero-order valence-corrected chi connectivity index (χ0v) is 10.7. The molecule has 1 aliphatic rings. The van der Waals surface area contributed by atoms with Crippen LogP contribution in [0.15, 0.2) is 0 Å². The van der Waals surface area contributed by atoms with E-state index in [1.54, 1.807) is 7.05 Å². The number of carboxylic acids is 1. The smallest absolute Gasteiger partial charge is 0.318 e. The second-order valence-electron chi connectivity index (χ2n) is 5.52. The lowest BCUT2D eigenvalue weighted by atomic mass is 9.91. The molecule has 0 aromatic carbocycles. The van der Waals surface area contributed by atoms with E-state index in [1.165, 1.54) is 18.7 Å². The second-order valence-corrected chi connectivity index (χ2v) is 5.52. The third kappa shape index (κ3) is 2.97. The van der Waals surface area contributed by atoms with Gasteiger partial charge in [0, 0.05) is 13.6 Å². The molecule has 98 valence electrons. The van der Waals surface area contributed by atoms with E-state index in [0.717, 1.165) is 12.8 Å². The minimum atomic E-state index is -1.44. The monoisotopic (exact) mass is 243 g/mol. The molecule has 0 bridgehead atoms. The van der Waals surface area contributed by atoms with E-state index in [9.17, 15) is 14.7 Å². The van der Waals surface area contributed by atoms with Crippen molar-refractivity contribution in [3.05, 3.63) is 0 Å². The number of hydrogen-bond acceptors (Lipinski definition) is 3. The van der Waals surface area contributed by atoms with Gasteiger partial charge in [-0.15, -0.1) is 0 Å². The number of carbonyl (C=O) groups excluding carboxylic acids is 1. The minimum absolute atomic E-state index is 0.211. The van der Waals surface area contributed by atoms with Crippen molar-refractivity contribution in [3.8, 4) is 0 Å². The number of rotatable bonds is 4. The summed E-state index contributed by atoms with van der Waals surface area (Å²) in [5.41, 5.74) is -2.28. The first-order valence-corrected chi connectivity index (χ1v) is 5.90. The maximum atomic E-state index is 12.0. The van der Waals surface area contributed by atoms with Gasteiger partial charge in [-0.1, -0.05) is 12.8 Å². The minimum Gasteiger partial charge on any atom is -0.480 e. The maximum absolute atomic E-state index is 12.0. The number of amides is 1. The summed E-state index contributed by atoms with van der Waals surface area (Å²) in [6, 6.07) is 0. The average molecular weight is 243 g/mol. The Labute approximate surface area is 101 Å². The topological polar surface area (TPSA) is 77.8 Å². The van der Waals surface area contributed by atoms with Gasteiger partial charge in [0.25, 0.3) is 0 Å². The molecule has 0 aliphatic heterocycles. The van der Waals surface area contributed by atoms with Crippen LogP contribution in [0, 0.1) is 5.41 Å². The number of carbonyl (C=O) groups is 2. The first-order valence-electron chi connectivity index (χ1n) is 5.90. The molecule has 5 nitrogen and oxygen atoms in total. The Morgan fingerprint density at radius 3 is 2.18 bits per heavy atom. The van der Waals surface area contributed by atoms with Gasteiger partial charge in [0.15, 0.2) is 0 Å². The van der Waals surface area contributed by atoms with Crippen LogP contribution < -0.4 is 0 Å². The van der Waals surface area contributed by atoms with Crippen LogP contribution in [0.25, 0.3) is 0 Å². The van der Waals surface area contributed by atoms with Crippen molar-refractivity contribution in [2.45, 2.75) is 45.1 Å². The second kappa shape index (κ2) is 4.64. The lowest BCUT2D eigenvalue weighted by Crippen LogP contribution is -2.49. The highest BCUT2D eigenvalue weighted by Crippen LogP contribution is 2.31. The first kappa shape index (κ1) is 14.0. The van der Waals surface area contributed by atoms with Gasteiger partial charge in [-0.05, 0) is 26.7 Å². The summed E-state index contributed by atoms with van der Waals surface area (Å²) in [6.07, 6.45) is 3.28. The molecule has 1 fully saturated rings. The van der Waals surface area contributed by atoms with Crippen molar-refractivity contribution in [3.63, 3.8) is 0 Å². The Hall–Kier alpha value is -1.10. The van der Waals surface area contributed by atoms with Gasteiger partial charge < -0.3 is 15.1 Å². The normalized spacial score (nSPS) is 19.1. The molecular formula is C12H21NO4. The fourth-order valence-corrected chi connectivity index (χ4v) is 2.27. The highest BCUT2D eigenvalue weighted by atomic mass is 16.4. The fourth-order valence-electron chi connectivity index (χ4n) is 2.27. The summed E-state index contributed by atoms with van der Waals surface area (Å²) in [7, 11) is 1.54. The van der Waals surface area contributed by atoms with Crippen molar-refractivity contribution in [1.82, 2.24) is 4.90 Å². The van der Waals surface area contributed by atoms with E-state index in [4.69, 9.17) is 5.11 Å². The molecule has 17 heavy (non-hydrogen) atoms. The quantitative estimate of drug-likeness (QED) is 0.718. The third-order valence-electron chi connectivity index (χ3n) is 3.48. The van der Waals surface area contributed by atoms with Gasteiger partial charge in [0.2, 0.25) is 5.91 Å². The van der Waals surface area contributed by atoms with Crippen LogP contribution in [0.5, 0.6) is 0 Å². The van der Waals surface area contributed by atoms with Gasteiger partial charge in [0.1, 0.15) is 5.41 Å². The van der Waals surface area contributed by atoms with Gasteiger partial charge in [-0.3, -0.25) is 9.59 Å². The molecule has 1 saturated carbocycles.